The van der Waals surface area contributed by atoms with Crippen molar-refractivity contribution in [3.63, 3.8) is 0 Å². The van der Waals surface area contributed by atoms with Crippen LogP contribution in [0, 0.1) is 17.5 Å². The van der Waals surface area contributed by atoms with E-state index >= 15 is 0 Å². The van der Waals surface area contributed by atoms with Gasteiger partial charge < -0.3 is 5.11 Å². The van der Waals surface area contributed by atoms with Gasteiger partial charge in [0.2, 0.25) is 0 Å². The summed E-state index contributed by atoms with van der Waals surface area (Å²) in [4.78, 5) is 14.9. The van der Waals surface area contributed by atoms with Crippen molar-refractivity contribution in [3.05, 3.63) is 52.4 Å². The number of fused-ring (bicyclic) bond motifs is 1. The summed E-state index contributed by atoms with van der Waals surface area (Å²) < 4.78 is 42.5. The summed E-state index contributed by atoms with van der Waals surface area (Å²) in [6.45, 7) is 1.66. The molecule has 3 nitrogen and oxygen atoms in total. The minimum atomic E-state index is -1.32. The van der Waals surface area contributed by atoms with Gasteiger partial charge in [0.05, 0.1) is 17.5 Å². The molecule has 7 heteroatoms. The van der Waals surface area contributed by atoms with Crippen LogP contribution in [-0.4, -0.2) is 16.1 Å². The summed E-state index contributed by atoms with van der Waals surface area (Å²) in [7, 11) is 0. The Hall–Kier alpha value is -2.41. The maximum absolute atomic E-state index is 14.6. The molecule has 0 bridgehead atoms. The lowest BCUT2D eigenvalue weighted by Crippen LogP contribution is -2.02. The minimum Gasteiger partial charge on any atom is -0.477 e. The van der Waals surface area contributed by atoms with Crippen LogP contribution in [0.3, 0.4) is 0 Å². The van der Waals surface area contributed by atoms with Crippen LogP contribution in [0.2, 0.25) is 0 Å². The maximum Gasteiger partial charge on any atom is 0.346 e. The van der Waals surface area contributed by atoms with E-state index in [-0.39, 0.29) is 22.6 Å². The third-order valence-corrected chi connectivity index (χ3v) is 4.62. The quantitative estimate of drug-likeness (QED) is 0.757. The molecular formula is C16H10F3NO2S. The Bertz CT molecular complexity index is 937. The number of halogens is 3. The average molecular weight is 337 g/mol. The maximum atomic E-state index is 14.6. The van der Waals surface area contributed by atoms with Crippen LogP contribution < -0.4 is 0 Å². The molecule has 1 N–H and O–H groups in total. The first-order valence-corrected chi connectivity index (χ1v) is 7.54. The summed E-state index contributed by atoms with van der Waals surface area (Å²) in [5, 5.41) is 9.65. The fraction of sp³-hybridized carbons (Fsp3) is 0.125. The number of rotatable bonds is 3. The number of aromatic nitrogens is 1. The molecule has 0 amide bonds. The van der Waals surface area contributed by atoms with Gasteiger partial charge >= 0.3 is 5.97 Å². The fourth-order valence-electron chi connectivity index (χ4n) is 2.45. The number of pyridine rings is 1. The first-order chi connectivity index (χ1) is 10.9. The smallest absolute Gasteiger partial charge is 0.346 e. The van der Waals surface area contributed by atoms with Crippen molar-refractivity contribution >= 4 is 27.4 Å². The zero-order valence-corrected chi connectivity index (χ0v) is 12.7. The Morgan fingerprint density at radius 2 is 2.00 bits per heavy atom. The zero-order valence-electron chi connectivity index (χ0n) is 11.9. The molecule has 118 valence electrons. The van der Waals surface area contributed by atoms with Gasteiger partial charge in [0, 0.05) is 15.6 Å². The summed E-state index contributed by atoms with van der Waals surface area (Å²) in [5.41, 5.74) is -0.476. The van der Waals surface area contributed by atoms with E-state index in [1.807, 2.05) is 0 Å². The van der Waals surface area contributed by atoms with Gasteiger partial charge in [-0.05, 0) is 24.6 Å². The Kier molecular flexibility index (Phi) is 3.81. The molecule has 0 saturated heterocycles. The van der Waals surface area contributed by atoms with Crippen LogP contribution in [0.1, 0.15) is 22.3 Å². The number of hydrogen-bond acceptors (Lipinski definition) is 3. The standard InChI is InChI=1S/C16H10F3NO2S/c1-2-10-14(19)13(9(18)6-20-10)12-8-4-3-7(17)5-11(8)23-15(12)16(21)22/h3-6H,2H2,1H3,(H,21,22). The van der Waals surface area contributed by atoms with E-state index in [4.69, 9.17) is 0 Å². The van der Waals surface area contributed by atoms with Gasteiger partial charge in [0.1, 0.15) is 10.7 Å². The van der Waals surface area contributed by atoms with Gasteiger partial charge in [-0.25, -0.2) is 18.0 Å². The summed E-state index contributed by atoms with van der Waals surface area (Å²) in [6.07, 6.45) is 1.11. The molecule has 0 saturated carbocycles. The van der Waals surface area contributed by atoms with Crippen molar-refractivity contribution in [1.29, 1.82) is 0 Å². The molecule has 2 heterocycles. The van der Waals surface area contributed by atoms with Gasteiger partial charge in [-0.2, -0.15) is 0 Å². The Labute approximate surface area is 133 Å². The van der Waals surface area contributed by atoms with Crippen molar-refractivity contribution in [3.8, 4) is 11.1 Å². The van der Waals surface area contributed by atoms with Crippen LogP contribution in [0.25, 0.3) is 21.2 Å². The lowest BCUT2D eigenvalue weighted by Gasteiger charge is -2.08. The summed E-state index contributed by atoms with van der Waals surface area (Å²) in [5.74, 6) is -3.72. The van der Waals surface area contributed by atoms with E-state index in [1.54, 1.807) is 6.92 Å². The van der Waals surface area contributed by atoms with Gasteiger partial charge in [0.25, 0.3) is 0 Å². The van der Waals surface area contributed by atoms with Gasteiger partial charge in [-0.1, -0.05) is 6.92 Å². The van der Waals surface area contributed by atoms with Crippen molar-refractivity contribution in [2.75, 3.05) is 0 Å². The molecule has 3 rings (SSSR count). The molecule has 0 aliphatic heterocycles. The highest BCUT2D eigenvalue weighted by Crippen LogP contribution is 2.41. The molecule has 1 aromatic carbocycles. The van der Waals surface area contributed by atoms with E-state index in [9.17, 15) is 23.1 Å². The molecule has 3 aromatic rings. The Morgan fingerprint density at radius 1 is 1.26 bits per heavy atom. The van der Waals surface area contributed by atoms with Crippen molar-refractivity contribution in [1.82, 2.24) is 4.98 Å². The number of benzene rings is 1. The van der Waals surface area contributed by atoms with Crippen LogP contribution in [0.5, 0.6) is 0 Å². The van der Waals surface area contributed by atoms with Crippen molar-refractivity contribution < 1.29 is 23.1 Å². The Morgan fingerprint density at radius 3 is 2.65 bits per heavy atom. The topological polar surface area (TPSA) is 50.2 Å². The van der Waals surface area contributed by atoms with Gasteiger partial charge in [-0.3, -0.25) is 4.98 Å². The second kappa shape index (κ2) is 5.66. The molecule has 0 unspecified atom stereocenters. The summed E-state index contributed by atoms with van der Waals surface area (Å²) >= 11 is 0.779. The predicted molar refractivity (Wildman–Crippen MR) is 81.3 cm³/mol. The van der Waals surface area contributed by atoms with Crippen LogP contribution in [-0.2, 0) is 6.42 Å². The lowest BCUT2D eigenvalue weighted by molar-refractivity contribution is 0.0703. The highest BCUT2D eigenvalue weighted by molar-refractivity contribution is 7.21. The fourth-order valence-corrected chi connectivity index (χ4v) is 3.52. The third kappa shape index (κ3) is 2.46. The van der Waals surface area contributed by atoms with Crippen LogP contribution in [0.15, 0.2) is 24.4 Å². The van der Waals surface area contributed by atoms with Gasteiger partial charge in [0.15, 0.2) is 11.6 Å². The third-order valence-electron chi connectivity index (χ3n) is 3.48. The number of aryl methyl sites for hydroxylation is 1. The zero-order chi connectivity index (χ0) is 16.7. The molecule has 0 aliphatic rings. The number of carboxylic acid groups (broad SMARTS) is 1. The molecule has 0 atom stereocenters. The number of carboxylic acids is 1. The Balaban J connectivity index is 2.45. The number of thiophene rings is 1. The van der Waals surface area contributed by atoms with Crippen molar-refractivity contribution in [2.45, 2.75) is 13.3 Å². The minimum absolute atomic E-state index is 0.0409. The van der Waals surface area contributed by atoms with Crippen LogP contribution in [0.4, 0.5) is 13.2 Å². The number of aromatic carboxylic acids is 1. The first kappa shape index (κ1) is 15.5. The first-order valence-electron chi connectivity index (χ1n) is 6.72. The SMILES string of the molecule is CCc1ncc(F)c(-c2c(C(=O)O)sc3cc(F)ccc23)c1F. The molecular weight excluding hydrogens is 327 g/mol. The van der Waals surface area contributed by atoms with Crippen LogP contribution >= 0.6 is 11.3 Å². The molecule has 0 fully saturated rings. The monoisotopic (exact) mass is 337 g/mol. The highest BCUT2D eigenvalue weighted by atomic mass is 32.1. The average Bonchev–Trinajstić information content (AvgIpc) is 2.86. The van der Waals surface area contributed by atoms with E-state index in [2.05, 4.69) is 4.98 Å². The van der Waals surface area contributed by atoms with E-state index in [0.29, 0.717) is 10.1 Å². The number of nitrogens with zero attached hydrogens (tertiary/aromatic N) is 1. The van der Waals surface area contributed by atoms with E-state index in [1.165, 1.54) is 6.07 Å². The highest BCUT2D eigenvalue weighted by Gasteiger charge is 2.26. The second-order valence-electron chi connectivity index (χ2n) is 4.85. The molecule has 2 aromatic heterocycles. The summed E-state index contributed by atoms with van der Waals surface area (Å²) in [6, 6.07) is 3.60. The number of carbonyl (C=O) groups is 1. The van der Waals surface area contributed by atoms with E-state index < -0.39 is 29.0 Å². The van der Waals surface area contributed by atoms with Crippen molar-refractivity contribution in [2.24, 2.45) is 0 Å². The molecule has 0 spiro atoms. The number of hydrogen-bond donors (Lipinski definition) is 1. The molecule has 0 aliphatic carbocycles. The second-order valence-corrected chi connectivity index (χ2v) is 5.90. The van der Waals surface area contributed by atoms with E-state index in [0.717, 1.165) is 29.7 Å². The normalized spacial score (nSPS) is 11.1. The lowest BCUT2D eigenvalue weighted by atomic mass is 10.00. The molecule has 23 heavy (non-hydrogen) atoms. The predicted octanol–water partition coefficient (Wildman–Crippen LogP) is 4.64. The largest absolute Gasteiger partial charge is 0.477 e. The molecule has 0 radical (unpaired) electrons. The van der Waals surface area contributed by atoms with Gasteiger partial charge in [-0.15, -0.1) is 11.3 Å².